The molecule has 144 valence electrons. The highest BCUT2D eigenvalue weighted by molar-refractivity contribution is 6.21. The number of piperazine rings is 1. The third-order valence-electron chi connectivity index (χ3n) is 5.48. The highest BCUT2D eigenvalue weighted by atomic mass is 16.2. The summed E-state index contributed by atoms with van der Waals surface area (Å²) in [6, 6.07) is 7.91. The van der Waals surface area contributed by atoms with Gasteiger partial charge in [0.05, 0.1) is 12.2 Å². The number of hydrogen-bond acceptors (Lipinski definition) is 5. The first-order valence-corrected chi connectivity index (χ1v) is 9.39. The molecule has 8 nitrogen and oxygen atoms in total. The van der Waals surface area contributed by atoms with Gasteiger partial charge in [0.1, 0.15) is 6.04 Å². The Labute approximate surface area is 163 Å². The molecule has 0 N–H and O–H groups in total. The molecule has 0 spiro atoms. The van der Waals surface area contributed by atoms with Gasteiger partial charge in [-0.1, -0.05) is 18.2 Å². The van der Waals surface area contributed by atoms with E-state index in [1.807, 2.05) is 6.07 Å². The van der Waals surface area contributed by atoms with Crippen molar-refractivity contribution in [2.75, 3.05) is 24.5 Å². The van der Waals surface area contributed by atoms with Crippen LogP contribution in [0, 0.1) is 12.3 Å². The summed E-state index contributed by atoms with van der Waals surface area (Å²) >= 11 is 0. The zero-order valence-electron chi connectivity index (χ0n) is 15.5. The van der Waals surface area contributed by atoms with Gasteiger partial charge in [0, 0.05) is 38.8 Å². The first kappa shape index (κ1) is 18.2. The van der Waals surface area contributed by atoms with Gasteiger partial charge < -0.3 is 9.80 Å². The summed E-state index contributed by atoms with van der Waals surface area (Å²) in [5.74, 6) is 2.24. The lowest BCUT2D eigenvalue weighted by Gasteiger charge is -2.35. The van der Waals surface area contributed by atoms with E-state index in [4.69, 9.17) is 6.42 Å². The summed E-state index contributed by atoms with van der Waals surface area (Å²) in [5, 5.41) is 8.10. The van der Waals surface area contributed by atoms with Gasteiger partial charge in [0.2, 0.25) is 5.91 Å². The maximum Gasteiger partial charge on any atom is 0.332 e. The van der Waals surface area contributed by atoms with Gasteiger partial charge in [-0.15, -0.1) is 12.3 Å². The van der Waals surface area contributed by atoms with Crippen LogP contribution in [0.1, 0.15) is 25.7 Å². The molecule has 3 heterocycles. The van der Waals surface area contributed by atoms with Crippen molar-refractivity contribution >= 4 is 23.5 Å². The maximum atomic E-state index is 12.8. The van der Waals surface area contributed by atoms with Crippen molar-refractivity contribution < 1.29 is 14.4 Å². The Morgan fingerprint density at radius 1 is 1.18 bits per heavy atom. The molecule has 2 fully saturated rings. The Morgan fingerprint density at radius 3 is 2.61 bits per heavy atom. The van der Waals surface area contributed by atoms with Crippen LogP contribution in [0.15, 0.2) is 40.6 Å². The number of hydrogen-bond donors (Lipinski definition) is 0. The molecule has 3 aliphatic rings. The minimum Gasteiger partial charge on any atom is -0.338 e. The number of anilines is 1. The third kappa shape index (κ3) is 3.24. The zero-order valence-corrected chi connectivity index (χ0v) is 15.5. The second kappa shape index (κ2) is 7.08. The molecular weight excluding hydrogens is 358 g/mol. The highest BCUT2D eigenvalue weighted by Gasteiger charge is 2.49. The van der Waals surface area contributed by atoms with E-state index in [-0.39, 0.29) is 24.4 Å². The number of rotatable bonds is 6. The number of carbonyl (C=O) groups excluding carboxylic acids is 3. The van der Waals surface area contributed by atoms with E-state index in [0.717, 1.165) is 0 Å². The van der Waals surface area contributed by atoms with E-state index < -0.39 is 11.7 Å². The molecule has 0 saturated carbocycles. The van der Waals surface area contributed by atoms with Crippen LogP contribution in [0.4, 0.5) is 10.5 Å². The minimum absolute atomic E-state index is 0.0459. The number of urea groups is 1. The van der Waals surface area contributed by atoms with Crippen molar-refractivity contribution in [2.45, 2.75) is 37.4 Å². The van der Waals surface area contributed by atoms with E-state index >= 15 is 0 Å². The number of benzene rings is 1. The fraction of sp³-hybridized carbons (Fsp3) is 0.450. The second-order valence-electron chi connectivity index (χ2n) is 7.23. The predicted molar refractivity (Wildman–Crippen MR) is 101 cm³/mol. The largest absolute Gasteiger partial charge is 0.338 e. The van der Waals surface area contributed by atoms with Crippen molar-refractivity contribution in [3.05, 3.63) is 30.3 Å². The molecule has 4 amide bonds. The molecule has 0 aromatic heterocycles. The molecule has 1 aromatic carbocycles. The van der Waals surface area contributed by atoms with Crippen LogP contribution in [-0.2, 0) is 9.59 Å². The summed E-state index contributed by atoms with van der Waals surface area (Å²) in [6.45, 7) is 0.988. The Bertz CT molecular complexity index is 870. The molecule has 0 bridgehead atoms. The fourth-order valence-corrected chi connectivity index (χ4v) is 3.77. The van der Waals surface area contributed by atoms with E-state index in [1.165, 1.54) is 4.90 Å². The number of carbonyl (C=O) groups is 3. The normalized spacial score (nSPS) is 22.2. The molecule has 1 aromatic rings. The number of para-hydroxylation sites is 1. The lowest BCUT2D eigenvalue weighted by molar-refractivity contribution is -0.135. The molecular formula is C20H21N5O3. The van der Waals surface area contributed by atoms with Crippen LogP contribution in [0.5, 0.6) is 0 Å². The highest BCUT2D eigenvalue weighted by Crippen LogP contribution is 2.38. The summed E-state index contributed by atoms with van der Waals surface area (Å²) in [7, 11) is 0. The molecule has 3 aliphatic heterocycles. The van der Waals surface area contributed by atoms with Gasteiger partial charge >= 0.3 is 6.03 Å². The molecule has 4 rings (SSSR count). The van der Waals surface area contributed by atoms with Crippen molar-refractivity contribution in [3.8, 4) is 12.3 Å². The van der Waals surface area contributed by atoms with Gasteiger partial charge in [0.15, 0.2) is 5.66 Å². The van der Waals surface area contributed by atoms with Crippen LogP contribution in [-0.4, -0.2) is 59.0 Å². The summed E-state index contributed by atoms with van der Waals surface area (Å²) in [5.41, 5.74) is 0.0600. The van der Waals surface area contributed by atoms with Crippen LogP contribution in [0.2, 0.25) is 0 Å². The second-order valence-corrected chi connectivity index (χ2v) is 7.23. The van der Waals surface area contributed by atoms with Crippen LogP contribution < -0.4 is 4.90 Å². The van der Waals surface area contributed by atoms with Gasteiger partial charge in [-0.2, -0.15) is 10.2 Å². The standard InChI is InChI=1S/C20H21N5O3/c1-2-3-10-20(21-22-20)11-9-17(26)23-12-13-24-16(14-23)18(27)25(19(24)28)15-7-5-4-6-8-15/h1,4-8,16H,3,9-14H2. The summed E-state index contributed by atoms with van der Waals surface area (Å²) in [4.78, 5) is 42.6. The van der Waals surface area contributed by atoms with E-state index in [1.54, 1.807) is 34.1 Å². The predicted octanol–water partition coefficient (Wildman–Crippen LogP) is 2.02. The van der Waals surface area contributed by atoms with Crippen molar-refractivity contribution in [3.63, 3.8) is 0 Å². The van der Waals surface area contributed by atoms with E-state index in [2.05, 4.69) is 16.1 Å². The van der Waals surface area contributed by atoms with Crippen molar-refractivity contribution in [1.29, 1.82) is 0 Å². The molecule has 28 heavy (non-hydrogen) atoms. The quantitative estimate of drug-likeness (QED) is 0.560. The van der Waals surface area contributed by atoms with Gasteiger partial charge in [-0.25, -0.2) is 9.69 Å². The van der Waals surface area contributed by atoms with Crippen molar-refractivity contribution in [2.24, 2.45) is 10.2 Å². The lowest BCUT2D eigenvalue weighted by Crippen LogP contribution is -2.54. The summed E-state index contributed by atoms with van der Waals surface area (Å²) < 4.78 is 0. The third-order valence-corrected chi connectivity index (χ3v) is 5.48. The molecule has 1 atom stereocenters. The van der Waals surface area contributed by atoms with Gasteiger partial charge in [-0.3, -0.25) is 9.59 Å². The number of fused-ring (bicyclic) bond motifs is 1. The monoisotopic (exact) mass is 379 g/mol. The smallest absolute Gasteiger partial charge is 0.332 e. The number of nitrogens with zero attached hydrogens (tertiary/aromatic N) is 5. The molecule has 1 unspecified atom stereocenters. The zero-order chi connectivity index (χ0) is 19.7. The Kier molecular flexibility index (Phi) is 4.59. The van der Waals surface area contributed by atoms with Crippen molar-refractivity contribution in [1.82, 2.24) is 9.80 Å². The first-order valence-electron chi connectivity index (χ1n) is 9.39. The Hall–Kier alpha value is -3.21. The van der Waals surface area contributed by atoms with E-state index in [0.29, 0.717) is 44.5 Å². The fourth-order valence-electron chi connectivity index (χ4n) is 3.77. The van der Waals surface area contributed by atoms with Crippen LogP contribution in [0.3, 0.4) is 0 Å². The number of amides is 4. The molecule has 2 saturated heterocycles. The summed E-state index contributed by atoms with van der Waals surface area (Å²) in [6.07, 6.45) is 7.35. The van der Waals surface area contributed by atoms with Crippen LogP contribution >= 0.6 is 0 Å². The number of imide groups is 1. The molecule has 0 radical (unpaired) electrons. The Morgan fingerprint density at radius 2 is 1.93 bits per heavy atom. The van der Waals surface area contributed by atoms with E-state index in [9.17, 15) is 14.4 Å². The SMILES string of the molecule is C#CCCC1(CCC(=O)N2CCN3C(=O)N(c4ccccc4)C(=O)C3C2)N=N1. The topological polar surface area (TPSA) is 85.7 Å². The molecule has 8 heteroatoms. The minimum atomic E-state index is -0.629. The first-order chi connectivity index (χ1) is 13.5. The van der Waals surface area contributed by atoms with Gasteiger partial charge in [-0.05, 0) is 12.1 Å². The molecule has 0 aliphatic carbocycles. The number of terminal acetylenes is 1. The maximum absolute atomic E-state index is 12.8. The lowest BCUT2D eigenvalue weighted by atomic mass is 10.0. The van der Waals surface area contributed by atoms with Gasteiger partial charge in [0.25, 0.3) is 5.91 Å². The average molecular weight is 379 g/mol. The Balaban J connectivity index is 1.38. The van der Waals surface area contributed by atoms with Crippen LogP contribution in [0.25, 0.3) is 0 Å². The average Bonchev–Trinajstić information content (AvgIpc) is 3.46.